The molecule has 3 heterocycles. The van der Waals surface area contributed by atoms with Crippen molar-refractivity contribution < 1.29 is 69.3 Å². The van der Waals surface area contributed by atoms with E-state index in [-0.39, 0.29) is 34.7 Å². The Bertz CT molecular complexity index is 1260. The standard InChI is InChI=1S/C35H54O14/c1-33-8-5-18(47-32-30(43)28(41)26(39)23(49-32)15-46-31-29(42)27(40)25(38)22(13-36)48-31)12-17(33)3-4-21-20(33)6-9-34(2)19(7-10-35(21,34)44)16-11-24(37)45-14-16/h11,17-23,25-32,36,38-44H,3-10,12-15H2,1-2H3/t17-,18+,19+,20-,21-,22+,23-,25+,26-,27+,28+,29-,30-,31+,32-,33-,34-,35-/m0/s1. The molecule has 14 heteroatoms. The number of fused-ring (bicyclic) bond motifs is 5. The van der Waals surface area contributed by atoms with Gasteiger partial charge in [-0.2, -0.15) is 0 Å². The molecule has 0 radical (unpaired) electrons. The molecular weight excluding hydrogens is 644 g/mol. The van der Waals surface area contributed by atoms with Gasteiger partial charge < -0.3 is 64.5 Å². The smallest absolute Gasteiger partial charge is 0.331 e. The molecule has 0 aromatic carbocycles. The third kappa shape index (κ3) is 5.82. The fourth-order valence-corrected chi connectivity index (χ4v) is 11.2. The number of carbonyl (C=O) groups is 1. The van der Waals surface area contributed by atoms with Crippen LogP contribution in [-0.4, -0.2) is 140 Å². The summed E-state index contributed by atoms with van der Waals surface area (Å²) < 4.78 is 28.4. The van der Waals surface area contributed by atoms with Crippen molar-refractivity contribution in [2.24, 2.45) is 34.5 Å². The van der Waals surface area contributed by atoms with Crippen LogP contribution in [0.2, 0.25) is 0 Å². The molecule has 4 saturated carbocycles. The first-order chi connectivity index (χ1) is 23.2. The van der Waals surface area contributed by atoms with Gasteiger partial charge in [0.1, 0.15) is 55.4 Å². The summed E-state index contributed by atoms with van der Waals surface area (Å²) in [6, 6.07) is 0. The van der Waals surface area contributed by atoms with Crippen LogP contribution in [0.4, 0.5) is 0 Å². The van der Waals surface area contributed by atoms with Gasteiger partial charge in [0.25, 0.3) is 0 Å². The molecule has 49 heavy (non-hydrogen) atoms. The fourth-order valence-electron chi connectivity index (χ4n) is 11.2. The Labute approximate surface area is 285 Å². The highest BCUT2D eigenvalue weighted by Crippen LogP contribution is 2.70. The number of aliphatic hydroxyl groups excluding tert-OH is 7. The van der Waals surface area contributed by atoms with Crippen LogP contribution in [0, 0.1) is 34.5 Å². The van der Waals surface area contributed by atoms with Crippen molar-refractivity contribution in [3.63, 3.8) is 0 Å². The van der Waals surface area contributed by atoms with Gasteiger partial charge in [0, 0.05) is 11.5 Å². The number of ether oxygens (including phenoxy) is 5. The molecule has 0 aromatic rings. The second-order valence-electron chi connectivity index (χ2n) is 16.4. The Balaban J connectivity index is 0.982. The van der Waals surface area contributed by atoms with Gasteiger partial charge >= 0.3 is 5.97 Å². The van der Waals surface area contributed by atoms with E-state index in [0.717, 1.165) is 56.9 Å². The lowest BCUT2D eigenvalue weighted by atomic mass is 9.43. The monoisotopic (exact) mass is 698 g/mol. The first kappa shape index (κ1) is 36.1. The molecule has 4 aliphatic carbocycles. The van der Waals surface area contributed by atoms with Gasteiger partial charge in [0.15, 0.2) is 12.6 Å². The van der Waals surface area contributed by atoms with E-state index in [9.17, 15) is 45.6 Å². The van der Waals surface area contributed by atoms with Crippen LogP contribution in [0.3, 0.4) is 0 Å². The summed E-state index contributed by atoms with van der Waals surface area (Å²) >= 11 is 0. The highest BCUT2D eigenvalue weighted by atomic mass is 16.7. The maximum Gasteiger partial charge on any atom is 0.331 e. The number of rotatable bonds is 7. The van der Waals surface area contributed by atoms with E-state index in [0.29, 0.717) is 24.9 Å². The summed E-state index contributed by atoms with van der Waals surface area (Å²) in [5.41, 5.74) is -0.0991. The second-order valence-corrected chi connectivity index (χ2v) is 16.4. The van der Waals surface area contributed by atoms with E-state index in [1.807, 2.05) is 0 Å². The average Bonchev–Trinajstić information content (AvgIpc) is 3.63. The van der Waals surface area contributed by atoms with Crippen LogP contribution in [0.5, 0.6) is 0 Å². The molecule has 3 aliphatic heterocycles. The largest absolute Gasteiger partial charge is 0.458 e. The predicted octanol–water partition coefficient (Wildman–Crippen LogP) is -0.747. The molecule has 0 unspecified atom stereocenters. The van der Waals surface area contributed by atoms with Crippen LogP contribution < -0.4 is 0 Å². The number of esters is 1. The van der Waals surface area contributed by atoms with Crippen molar-refractivity contribution in [3.8, 4) is 0 Å². The Kier molecular flexibility index (Phi) is 9.80. The number of carbonyl (C=O) groups excluding carboxylic acids is 1. The summed E-state index contributed by atoms with van der Waals surface area (Å²) in [5, 5.41) is 84.5. The molecule has 6 fully saturated rings. The average molecular weight is 699 g/mol. The van der Waals surface area contributed by atoms with E-state index in [1.54, 1.807) is 6.08 Å². The normalized spacial score (nSPS) is 54.4. The maximum absolute atomic E-state index is 12.5. The zero-order valence-corrected chi connectivity index (χ0v) is 28.3. The Morgan fingerprint density at radius 2 is 1.49 bits per heavy atom. The maximum atomic E-state index is 12.5. The second kappa shape index (κ2) is 13.3. The Morgan fingerprint density at radius 3 is 2.18 bits per heavy atom. The topological polar surface area (TPSA) is 225 Å². The number of hydrogen-bond acceptors (Lipinski definition) is 14. The third-order valence-electron chi connectivity index (χ3n) is 14.2. The Hall–Kier alpha value is -1.27. The van der Waals surface area contributed by atoms with Gasteiger partial charge in [-0.3, -0.25) is 0 Å². The molecule has 14 nitrogen and oxygen atoms in total. The zero-order valence-electron chi connectivity index (χ0n) is 28.3. The van der Waals surface area contributed by atoms with Crippen LogP contribution in [0.25, 0.3) is 0 Å². The van der Waals surface area contributed by atoms with E-state index in [2.05, 4.69) is 13.8 Å². The molecule has 0 spiro atoms. The van der Waals surface area contributed by atoms with Gasteiger partial charge in [-0.15, -0.1) is 0 Å². The molecule has 2 saturated heterocycles. The third-order valence-corrected chi connectivity index (χ3v) is 14.2. The van der Waals surface area contributed by atoms with Crippen molar-refractivity contribution in [2.75, 3.05) is 19.8 Å². The molecule has 18 atom stereocenters. The van der Waals surface area contributed by atoms with Gasteiger partial charge in [-0.1, -0.05) is 13.8 Å². The molecule has 278 valence electrons. The lowest BCUT2D eigenvalue weighted by Crippen LogP contribution is -2.63. The minimum atomic E-state index is -1.65. The molecule has 0 aromatic heterocycles. The minimum Gasteiger partial charge on any atom is -0.458 e. The molecule has 0 bridgehead atoms. The minimum absolute atomic E-state index is 0.00679. The number of cyclic esters (lactones) is 1. The van der Waals surface area contributed by atoms with E-state index in [1.165, 1.54) is 0 Å². The van der Waals surface area contributed by atoms with Gasteiger partial charge in [-0.25, -0.2) is 4.79 Å². The van der Waals surface area contributed by atoms with Crippen molar-refractivity contribution in [1.82, 2.24) is 0 Å². The van der Waals surface area contributed by atoms with Crippen LogP contribution >= 0.6 is 0 Å². The van der Waals surface area contributed by atoms with Crippen molar-refractivity contribution in [1.29, 1.82) is 0 Å². The molecule has 8 N–H and O–H groups in total. The van der Waals surface area contributed by atoms with E-state index in [4.69, 9.17) is 23.7 Å². The van der Waals surface area contributed by atoms with Gasteiger partial charge in [0.05, 0.1) is 24.9 Å². The lowest BCUT2D eigenvalue weighted by Gasteiger charge is -2.64. The molecule has 7 rings (SSSR count). The number of hydrogen-bond donors (Lipinski definition) is 8. The highest BCUT2D eigenvalue weighted by Gasteiger charge is 2.68. The molecule has 7 aliphatic rings. The zero-order chi connectivity index (χ0) is 35.0. The molecule has 0 amide bonds. The summed E-state index contributed by atoms with van der Waals surface area (Å²) in [7, 11) is 0. The fraction of sp³-hybridized carbons (Fsp3) is 0.914. The summed E-state index contributed by atoms with van der Waals surface area (Å²) in [4.78, 5) is 11.9. The Morgan fingerprint density at radius 1 is 0.796 bits per heavy atom. The van der Waals surface area contributed by atoms with Crippen LogP contribution in [0.15, 0.2) is 11.6 Å². The van der Waals surface area contributed by atoms with Crippen molar-refractivity contribution in [3.05, 3.63) is 11.6 Å². The van der Waals surface area contributed by atoms with Crippen molar-refractivity contribution in [2.45, 2.75) is 145 Å². The highest BCUT2D eigenvalue weighted by molar-refractivity contribution is 5.85. The van der Waals surface area contributed by atoms with E-state index >= 15 is 0 Å². The SMILES string of the molecule is C[C@]12CC[C@@H](O[C@H]3O[C@@H](CO[C@@H]4O[C@H](CO)[C@@H](O)[C@@H](O)[C@@H]4O)[C@H](O)[C@@H](O)[C@@H]3O)C[C@@H]1CC[C@H]1[C@@H]2CC[C@@]2(C)[C@@H](C3=CC(=O)OC3)CC[C@]12O. The summed E-state index contributed by atoms with van der Waals surface area (Å²) in [5.74, 6) is 0.683. The quantitative estimate of drug-likeness (QED) is 0.121. The molecular formula is C35H54O14. The first-order valence-corrected chi connectivity index (χ1v) is 18.1. The summed E-state index contributed by atoms with van der Waals surface area (Å²) in [6.45, 7) is 3.85. The van der Waals surface area contributed by atoms with Crippen LogP contribution in [-0.2, 0) is 28.5 Å². The van der Waals surface area contributed by atoms with Crippen LogP contribution in [0.1, 0.15) is 71.6 Å². The number of aliphatic hydroxyl groups is 8. The lowest BCUT2D eigenvalue weighted by molar-refractivity contribution is -0.338. The van der Waals surface area contributed by atoms with Crippen molar-refractivity contribution >= 4 is 5.97 Å². The first-order valence-electron chi connectivity index (χ1n) is 18.1. The van der Waals surface area contributed by atoms with Gasteiger partial charge in [-0.05, 0) is 92.4 Å². The van der Waals surface area contributed by atoms with Gasteiger partial charge in [0.2, 0.25) is 0 Å². The predicted molar refractivity (Wildman–Crippen MR) is 167 cm³/mol. The summed E-state index contributed by atoms with van der Waals surface area (Å²) in [6.07, 6.45) is -5.68. The van der Waals surface area contributed by atoms with E-state index < -0.39 is 80.2 Å².